The second kappa shape index (κ2) is 5.66. The van der Waals surface area contributed by atoms with Gasteiger partial charge in [0, 0.05) is 19.8 Å². The first-order valence-corrected chi connectivity index (χ1v) is 5.25. The monoisotopic (exact) mass is 203 g/mol. The van der Waals surface area contributed by atoms with Crippen molar-refractivity contribution in [1.82, 2.24) is 0 Å². The average Bonchev–Trinajstić information content (AvgIpc) is 2.27. The first kappa shape index (κ1) is 11.9. The molecule has 1 saturated heterocycles. The summed E-state index contributed by atoms with van der Waals surface area (Å²) in [7, 11) is 0. The number of ether oxygens (including phenoxy) is 2. The normalized spacial score (nSPS) is 23.4. The highest BCUT2D eigenvalue weighted by atomic mass is 16.5. The van der Waals surface area contributed by atoms with Crippen LogP contribution < -0.4 is 5.73 Å². The summed E-state index contributed by atoms with van der Waals surface area (Å²) < 4.78 is 10.9. The van der Waals surface area contributed by atoms with Crippen LogP contribution in [0.25, 0.3) is 0 Å². The van der Waals surface area contributed by atoms with Crippen molar-refractivity contribution >= 4 is 0 Å². The van der Waals surface area contributed by atoms with Gasteiger partial charge in [-0.2, -0.15) is 0 Å². The molecule has 0 aliphatic carbocycles. The van der Waals surface area contributed by atoms with Crippen LogP contribution in [0.4, 0.5) is 0 Å². The third-order valence-corrected chi connectivity index (χ3v) is 3.01. The van der Waals surface area contributed by atoms with Gasteiger partial charge < -0.3 is 20.3 Å². The molecule has 0 radical (unpaired) electrons. The lowest BCUT2D eigenvalue weighted by molar-refractivity contribution is -0.103. The summed E-state index contributed by atoms with van der Waals surface area (Å²) in [5.41, 5.74) is 5.43. The number of aliphatic hydroxyl groups is 1. The Morgan fingerprint density at radius 3 is 2.64 bits per heavy atom. The second-order valence-electron chi connectivity index (χ2n) is 3.98. The number of hydrogen-bond acceptors (Lipinski definition) is 4. The van der Waals surface area contributed by atoms with Crippen molar-refractivity contribution in [3.8, 4) is 0 Å². The predicted octanol–water partition coefficient (Wildman–Crippen LogP) is 0.139. The SMILES string of the molecule is CC(CN)(OCCO)C1CCOCC1. The minimum absolute atomic E-state index is 0.0544. The topological polar surface area (TPSA) is 64.7 Å². The lowest BCUT2D eigenvalue weighted by Gasteiger charge is -2.38. The Morgan fingerprint density at radius 2 is 2.14 bits per heavy atom. The van der Waals surface area contributed by atoms with Gasteiger partial charge in [-0.1, -0.05) is 0 Å². The van der Waals surface area contributed by atoms with E-state index in [0.29, 0.717) is 19.1 Å². The van der Waals surface area contributed by atoms with E-state index in [1.165, 1.54) is 0 Å². The van der Waals surface area contributed by atoms with Gasteiger partial charge in [0.2, 0.25) is 0 Å². The number of rotatable bonds is 5. The Bertz CT molecular complexity index is 159. The fraction of sp³-hybridized carbons (Fsp3) is 1.00. The molecule has 1 fully saturated rings. The summed E-state index contributed by atoms with van der Waals surface area (Å²) in [4.78, 5) is 0. The van der Waals surface area contributed by atoms with E-state index >= 15 is 0 Å². The minimum Gasteiger partial charge on any atom is -0.394 e. The number of aliphatic hydroxyl groups excluding tert-OH is 1. The van der Waals surface area contributed by atoms with Crippen molar-refractivity contribution in [3.63, 3.8) is 0 Å². The maximum absolute atomic E-state index is 8.73. The van der Waals surface area contributed by atoms with Crippen molar-refractivity contribution in [2.75, 3.05) is 33.0 Å². The Kier molecular flexibility index (Phi) is 4.81. The van der Waals surface area contributed by atoms with Crippen LogP contribution >= 0.6 is 0 Å². The van der Waals surface area contributed by atoms with Crippen molar-refractivity contribution in [3.05, 3.63) is 0 Å². The maximum Gasteiger partial charge on any atom is 0.0806 e. The van der Waals surface area contributed by atoms with E-state index in [-0.39, 0.29) is 12.2 Å². The smallest absolute Gasteiger partial charge is 0.0806 e. The zero-order chi connectivity index (χ0) is 10.4. The fourth-order valence-electron chi connectivity index (χ4n) is 1.93. The van der Waals surface area contributed by atoms with E-state index in [0.717, 1.165) is 26.1 Å². The van der Waals surface area contributed by atoms with Gasteiger partial charge in [0.25, 0.3) is 0 Å². The van der Waals surface area contributed by atoms with E-state index in [1.54, 1.807) is 0 Å². The molecule has 1 aliphatic heterocycles. The molecule has 3 N–H and O–H groups in total. The summed E-state index contributed by atoms with van der Waals surface area (Å²) in [6.07, 6.45) is 2.00. The van der Waals surface area contributed by atoms with E-state index in [1.807, 2.05) is 6.92 Å². The summed E-state index contributed by atoms with van der Waals surface area (Å²) in [6.45, 7) is 4.53. The Labute approximate surface area is 85.4 Å². The molecule has 4 heteroatoms. The third kappa shape index (κ3) is 2.92. The molecule has 0 bridgehead atoms. The molecule has 84 valence electrons. The van der Waals surface area contributed by atoms with Crippen molar-refractivity contribution < 1.29 is 14.6 Å². The Balaban J connectivity index is 2.47. The first-order valence-electron chi connectivity index (χ1n) is 5.25. The zero-order valence-corrected chi connectivity index (χ0v) is 8.87. The van der Waals surface area contributed by atoms with E-state index in [2.05, 4.69) is 0 Å². The van der Waals surface area contributed by atoms with Gasteiger partial charge in [0.05, 0.1) is 18.8 Å². The van der Waals surface area contributed by atoms with Crippen LogP contribution in [0.3, 0.4) is 0 Å². The third-order valence-electron chi connectivity index (χ3n) is 3.01. The van der Waals surface area contributed by atoms with Crippen LogP contribution in [0.2, 0.25) is 0 Å². The molecule has 0 amide bonds. The molecule has 14 heavy (non-hydrogen) atoms. The highest BCUT2D eigenvalue weighted by molar-refractivity contribution is 4.86. The first-order chi connectivity index (χ1) is 6.73. The van der Waals surface area contributed by atoms with Gasteiger partial charge in [-0.05, 0) is 25.7 Å². The lowest BCUT2D eigenvalue weighted by atomic mass is 9.83. The Hall–Kier alpha value is -0.160. The van der Waals surface area contributed by atoms with Crippen LogP contribution in [-0.2, 0) is 9.47 Å². The van der Waals surface area contributed by atoms with Gasteiger partial charge in [-0.15, -0.1) is 0 Å². The molecule has 1 unspecified atom stereocenters. The zero-order valence-electron chi connectivity index (χ0n) is 8.87. The molecule has 0 aromatic heterocycles. The summed E-state index contributed by atoms with van der Waals surface area (Å²) in [5, 5.41) is 8.73. The van der Waals surface area contributed by atoms with Gasteiger partial charge in [-0.25, -0.2) is 0 Å². The molecule has 0 aromatic rings. The quantitative estimate of drug-likeness (QED) is 0.667. The molecular formula is C10H21NO3. The van der Waals surface area contributed by atoms with Crippen LogP contribution in [-0.4, -0.2) is 43.7 Å². The molecule has 0 saturated carbocycles. The molecule has 1 rings (SSSR count). The molecular weight excluding hydrogens is 182 g/mol. The highest BCUT2D eigenvalue weighted by Gasteiger charge is 2.34. The van der Waals surface area contributed by atoms with Crippen LogP contribution in [0.5, 0.6) is 0 Å². The molecule has 1 aliphatic rings. The molecule has 4 nitrogen and oxygen atoms in total. The average molecular weight is 203 g/mol. The van der Waals surface area contributed by atoms with Crippen LogP contribution in [0.1, 0.15) is 19.8 Å². The Morgan fingerprint density at radius 1 is 1.50 bits per heavy atom. The van der Waals surface area contributed by atoms with E-state index in [4.69, 9.17) is 20.3 Å². The lowest BCUT2D eigenvalue weighted by Crippen LogP contribution is -2.47. The fourth-order valence-corrected chi connectivity index (χ4v) is 1.93. The molecule has 0 spiro atoms. The van der Waals surface area contributed by atoms with E-state index < -0.39 is 0 Å². The standard InChI is InChI=1S/C10H21NO3/c1-10(8-11,14-7-4-12)9-2-5-13-6-3-9/h9,12H,2-8,11H2,1H3. The highest BCUT2D eigenvalue weighted by Crippen LogP contribution is 2.29. The van der Waals surface area contributed by atoms with Crippen molar-refractivity contribution in [1.29, 1.82) is 0 Å². The van der Waals surface area contributed by atoms with Gasteiger partial charge in [-0.3, -0.25) is 0 Å². The van der Waals surface area contributed by atoms with Gasteiger partial charge in [0.15, 0.2) is 0 Å². The largest absolute Gasteiger partial charge is 0.394 e. The number of hydrogen-bond donors (Lipinski definition) is 2. The molecule has 0 aromatic carbocycles. The van der Waals surface area contributed by atoms with Crippen LogP contribution in [0.15, 0.2) is 0 Å². The summed E-state index contributed by atoms with van der Waals surface area (Å²) in [5.74, 6) is 0.452. The van der Waals surface area contributed by atoms with Gasteiger partial charge >= 0.3 is 0 Å². The van der Waals surface area contributed by atoms with Crippen molar-refractivity contribution in [2.24, 2.45) is 11.7 Å². The maximum atomic E-state index is 8.73. The van der Waals surface area contributed by atoms with Gasteiger partial charge in [0.1, 0.15) is 0 Å². The minimum atomic E-state index is -0.299. The molecule has 1 atom stereocenters. The predicted molar refractivity (Wildman–Crippen MR) is 54.0 cm³/mol. The van der Waals surface area contributed by atoms with Crippen LogP contribution in [0, 0.1) is 5.92 Å². The van der Waals surface area contributed by atoms with Crippen molar-refractivity contribution in [2.45, 2.75) is 25.4 Å². The van der Waals surface area contributed by atoms with E-state index in [9.17, 15) is 0 Å². The molecule has 1 heterocycles. The summed E-state index contributed by atoms with van der Waals surface area (Å²) >= 11 is 0. The summed E-state index contributed by atoms with van der Waals surface area (Å²) in [6, 6.07) is 0. The number of nitrogens with two attached hydrogens (primary N) is 1. The second-order valence-corrected chi connectivity index (χ2v) is 3.98.